The van der Waals surface area contributed by atoms with Crippen LogP contribution in [0.4, 0.5) is 10.5 Å². The molecule has 1 fully saturated rings. The van der Waals surface area contributed by atoms with Gasteiger partial charge >= 0.3 is 6.03 Å². The summed E-state index contributed by atoms with van der Waals surface area (Å²) in [6.07, 6.45) is 0.804. The van der Waals surface area contributed by atoms with Gasteiger partial charge in [-0.2, -0.15) is 0 Å². The van der Waals surface area contributed by atoms with Crippen molar-refractivity contribution < 1.29 is 27.8 Å². The van der Waals surface area contributed by atoms with Crippen molar-refractivity contribution in [2.75, 3.05) is 25.6 Å². The summed E-state index contributed by atoms with van der Waals surface area (Å²) in [5.41, 5.74) is 0.607. The van der Waals surface area contributed by atoms with E-state index in [9.17, 15) is 18.3 Å². The van der Waals surface area contributed by atoms with Crippen LogP contribution in [0.3, 0.4) is 0 Å². The Morgan fingerprint density at radius 3 is 2.64 bits per heavy atom. The third kappa shape index (κ3) is 7.31. The van der Waals surface area contributed by atoms with Crippen molar-refractivity contribution in [2.24, 2.45) is 0 Å². The number of ether oxygens (including phenoxy) is 2. The summed E-state index contributed by atoms with van der Waals surface area (Å²) in [7, 11) is -2.11. The summed E-state index contributed by atoms with van der Waals surface area (Å²) in [4.78, 5) is 12.4. The zero-order valence-corrected chi connectivity index (χ0v) is 19.7. The van der Waals surface area contributed by atoms with Crippen LogP contribution in [0, 0.1) is 0 Å². The summed E-state index contributed by atoms with van der Waals surface area (Å²) in [6.45, 7) is -0.0913. The van der Waals surface area contributed by atoms with Crippen LogP contribution < -0.4 is 20.1 Å². The quantitative estimate of drug-likeness (QED) is 0.422. The molecule has 0 spiro atoms. The van der Waals surface area contributed by atoms with E-state index in [1.165, 1.54) is 12.1 Å². The number of urea groups is 1. The fraction of sp³-hybridized carbons (Fsp3) is 0.409. The molecule has 0 bridgehead atoms. The summed E-state index contributed by atoms with van der Waals surface area (Å²) in [6, 6.07) is 12.2. The minimum absolute atomic E-state index is 0.0972. The molecule has 2 amide bonds. The Kier molecular flexibility index (Phi) is 8.93. The maximum absolute atomic E-state index is 12.4. The summed E-state index contributed by atoms with van der Waals surface area (Å²) >= 11 is 5.87. The first kappa shape index (κ1) is 25.3. The molecular weight excluding hydrogens is 470 g/mol. The van der Waals surface area contributed by atoms with Crippen molar-refractivity contribution in [3.63, 3.8) is 0 Å². The van der Waals surface area contributed by atoms with Crippen LogP contribution >= 0.6 is 11.6 Å². The number of anilines is 1. The van der Waals surface area contributed by atoms with Gasteiger partial charge in [0.25, 0.3) is 0 Å². The Morgan fingerprint density at radius 1 is 1.21 bits per heavy atom. The lowest BCUT2D eigenvalue weighted by atomic mass is 9.97. The molecule has 9 nitrogen and oxygen atoms in total. The molecule has 2 aromatic rings. The lowest BCUT2D eigenvalue weighted by Gasteiger charge is -2.36. The van der Waals surface area contributed by atoms with Crippen LogP contribution in [0.2, 0.25) is 5.02 Å². The number of nitrogens with one attached hydrogen (secondary N) is 3. The van der Waals surface area contributed by atoms with E-state index in [0.717, 1.165) is 0 Å². The third-order valence-electron chi connectivity index (χ3n) is 5.32. The van der Waals surface area contributed by atoms with Crippen molar-refractivity contribution in [2.45, 2.75) is 42.4 Å². The lowest BCUT2D eigenvalue weighted by Crippen LogP contribution is -2.52. The highest BCUT2D eigenvalue weighted by Gasteiger charge is 2.32. The zero-order chi connectivity index (χ0) is 23.8. The standard InChI is InChI=1S/C22H28ClN3O6S/c1-31-17-7-5-16(6-8-17)25-22(28)26-20-10-9-18(32-21(20)14-27)11-12-24-33(29,30)19-4-2-3-15(23)13-19/h2-8,13,18,20-21,24,27H,9-12,14H2,1H3,(H2,25,26,28)/t18-,20-,21-/m1/s1. The molecule has 4 N–H and O–H groups in total. The molecule has 2 aromatic carbocycles. The molecule has 1 heterocycles. The van der Waals surface area contributed by atoms with Gasteiger partial charge in [-0.15, -0.1) is 0 Å². The molecule has 1 aliphatic heterocycles. The van der Waals surface area contributed by atoms with Gasteiger partial charge in [-0.25, -0.2) is 17.9 Å². The van der Waals surface area contributed by atoms with E-state index in [2.05, 4.69) is 15.4 Å². The highest BCUT2D eigenvalue weighted by atomic mass is 35.5. The Balaban J connectivity index is 1.46. The highest BCUT2D eigenvalue weighted by Crippen LogP contribution is 2.23. The fourth-order valence-electron chi connectivity index (χ4n) is 3.59. The molecule has 1 saturated heterocycles. The van der Waals surface area contributed by atoms with E-state index >= 15 is 0 Å². The number of carbonyl (C=O) groups is 1. The van der Waals surface area contributed by atoms with Gasteiger partial charge < -0.3 is 25.2 Å². The fourth-order valence-corrected chi connectivity index (χ4v) is 4.94. The highest BCUT2D eigenvalue weighted by molar-refractivity contribution is 7.89. The SMILES string of the molecule is COc1ccc(NC(=O)N[C@@H]2CC[C@H](CCNS(=O)(=O)c3cccc(Cl)c3)O[C@@H]2CO)cc1. The van der Waals surface area contributed by atoms with Gasteiger partial charge in [-0.1, -0.05) is 17.7 Å². The van der Waals surface area contributed by atoms with Crippen molar-refractivity contribution in [3.05, 3.63) is 53.6 Å². The molecule has 3 atom stereocenters. The minimum atomic E-state index is -3.68. The molecule has 3 rings (SSSR count). The van der Waals surface area contributed by atoms with E-state index in [1.54, 1.807) is 43.5 Å². The van der Waals surface area contributed by atoms with E-state index in [0.29, 0.717) is 35.7 Å². The minimum Gasteiger partial charge on any atom is -0.497 e. The van der Waals surface area contributed by atoms with Crippen molar-refractivity contribution in [1.29, 1.82) is 0 Å². The smallest absolute Gasteiger partial charge is 0.319 e. The molecule has 0 radical (unpaired) electrons. The molecule has 11 heteroatoms. The molecule has 0 aliphatic carbocycles. The van der Waals surface area contributed by atoms with E-state index in [-0.39, 0.29) is 30.2 Å². The molecule has 0 aromatic heterocycles. The molecule has 33 heavy (non-hydrogen) atoms. The molecule has 0 unspecified atom stereocenters. The van der Waals surface area contributed by atoms with Gasteiger partial charge in [-0.3, -0.25) is 0 Å². The largest absolute Gasteiger partial charge is 0.497 e. The number of hydrogen-bond acceptors (Lipinski definition) is 6. The van der Waals surface area contributed by atoms with Gasteiger partial charge in [0.1, 0.15) is 11.9 Å². The van der Waals surface area contributed by atoms with E-state index in [4.69, 9.17) is 21.1 Å². The van der Waals surface area contributed by atoms with Crippen LogP contribution in [-0.2, 0) is 14.8 Å². The monoisotopic (exact) mass is 497 g/mol. The number of hydrogen-bond donors (Lipinski definition) is 4. The second-order valence-corrected chi connectivity index (χ2v) is 9.84. The van der Waals surface area contributed by atoms with E-state index < -0.39 is 22.2 Å². The molecule has 180 valence electrons. The number of carbonyl (C=O) groups excluding carboxylic acids is 1. The average Bonchev–Trinajstić information content (AvgIpc) is 2.80. The number of sulfonamides is 1. The van der Waals surface area contributed by atoms with Crippen LogP contribution in [0.15, 0.2) is 53.4 Å². The second-order valence-electron chi connectivity index (χ2n) is 7.63. The average molecular weight is 498 g/mol. The Hall–Kier alpha value is -2.37. The lowest BCUT2D eigenvalue weighted by molar-refractivity contribution is -0.0884. The normalized spacial score (nSPS) is 20.8. The van der Waals surface area contributed by atoms with Crippen LogP contribution in [0.25, 0.3) is 0 Å². The summed E-state index contributed by atoms with van der Waals surface area (Å²) < 4.78 is 38.3. The number of amides is 2. The Morgan fingerprint density at radius 2 is 1.97 bits per heavy atom. The number of rotatable bonds is 9. The maximum Gasteiger partial charge on any atom is 0.319 e. The Bertz CT molecular complexity index is 1030. The molecule has 0 saturated carbocycles. The van der Waals surface area contributed by atoms with Gasteiger partial charge in [0.15, 0.2) is 0 Å². The zero-order valence-electron chi connectivity index (χ0n) is 18.2. The van der Waals surface area contributed by atoms with E-state index in [1.807, 2.05) is 0 Å². The van der Waals surface area contributed by atoms with Crippen molar-refractivity contribution in [3.8, 4) is 5.75 Å². The third-order valence-corrected chi connectivity index (χ3v) is 7.02. The first-order valence-electron chi connectivity index (χ1n) is 10.5. The number of aliphatic hydroxyl groups is 1. The molecule has 1 aliphatic rings. The van der Waals surface area contributed by atoms with Gasteiger partial charge in [0.2, 0.25) is 10.0 Å². The van der Waals surface area contributed by atoms with Gasteiger partial charge in [-0.05, 0) is 61.7 Å². The summed E-state index contributed by atoms with van der Waals surface area (Å²) in [5.74, 6) is 0.683. The van der Waals surface area contributed by atoms with Gasteiger partial charge in [0, 0.05) is 17.3 Å². The second kappa shape index (κ2) is 11.7. The number of methoxy groups -OCH3 is 1. The predicted octanol–water partition coefficient (Wildman–Crippen LogP) is 2.75. The molecular formula is C22H28ClN3O6S. The number of halogens is 1. The number of benzene rings is 2. The van der Waals surface area contributed by atoms with Crippen molar-refractivity contribution >= 4 is 33.3 Å². The predicted molar refractivity (Wildman–Crippen MR) is 125 cm³/mol. The van der Waals surface area contributed by atoms with Crippen LogP contribution in [0.5, 0.6) is 5.75 Å². The van der Waals surface area contributed by atoms with Crippen LogP contribution in [0.1, 0.15) is 19.3 Å². The van der Waals surface area contributed by atoms with Crippen molar-refractivity contribution in [1.82, 2.24) is 10.0 Å². The maximum atomic E-state index is 12.4. The first-order valence-corrected chi connectivity index (χ1v) is 12.4. The first-order chi connectivity index (χ1) is 15.8. The topological polar surface area (TPSA) is 126 Å². The number of aliphatic hydroxyl groups excluding tert-OH is 1. The van der Waals surface area contributed by atoms with Crippen LogP contribution in [-0.4, -0.2) is 58.1 Å². The summed E-state index contributed by atoms with van der Waals surface area (Å²) in [5, 5.41) is 15.6. The van der Waals surface area contributed by atoms with Gasteiger partial charge in [0.05, 0.1) is 30.8 Å². The Labute approximate surface area is 198 Å².